The third kappa shape index (κ3) is 2.83. The molecule has 1 heterocycles. The second-order valence-electron chi connectivity index (χ2n) is 3.34. The van der Waals surface area contributed by atoms with E-state index in [0.717, 1.165) is 6.26 Å². The van der Waals surface area contributed by atoms with E-state index in [0.29, 0.717) is 13.1 Å². The number of amides is 1. The highest BCUT2D eigenvalue weighted by atomic mass is 16.4. The third-order valence-electron chi connectivity index (χ3n) is 2.10. The molecule has 0 unspecified atom stereocenters. The predicted octanol–water partition coefficient (Wildman–Crippen LogP) is 0.269. The van der Waals surface area contributed by atoms with E-state index in [1.165, 1.54) is 11.0 Å². The van der Waals surface area contributed by atoms with Crippen LogP contribution in [0.15, 0.2) is 16.7 Å². The molecule has 0 spiro atoms. The lowest BCUT2D eigenvalue weighted by molar-refractivity contribution is 0.0695. The molecular weight excluding hydrogens is 212 g/mol. The van der Waals surface area contributed by atoms with Crippen LogP contribution in [0.1, 0.15) is 20.9 Å². The molecule has 0 aromatic carbocycles. The smallest absolute Gasteiger partial charge is 0.338 e. The summed E-state index contributed by atoms with van der Waals surface area (Å²) in [6, 6.07) is 1.22. The van der Waals surface area contributed by atoms with Crippen LogP contribution in [0.2, 0.25) is 0 Å². The summed E-state index contributed by atoms with van der Waals surface area (Å²) in [5.74, 6) is -1.40. The molecule has 0 saturated heterocycles. The van der Waals surface area contributed by atoms with Gasteiger partial charge in [-0.15, -0.1) is 0 Å². The number of furan rings is 1. The monoisotopic (exact) mass is 226 g/mol. The number of carboxylic acid groups (broad SMARTS) is 1. The zero-order valence-corrected chi connectivity index (χ0v) is 9.19. The Morgan fingerprint density at radius 1 is 1.56 bits per heavy atom. The maximum absolute atomic E-state index is 11.7. The van der Waals surface area contributed by atoms with E-state index < -0.39 is 5.97 Å². The summed E-state index contributed by atoms with van der Waals surface area (Å²) in [6.07, 6.45) is 1.06. The van der Waals surface area contributed by atoms with Crippen LogP contribution in [0, 0.1) is 0 Å². The van der Waals surface area contributed by atoms with Crippen LogP contribution in [-0.2, 0) is 0 Å². The second-order valence-corrected chi connectivity index (χ2v) is 3.34. The molecule has 0 radical (unpaired) electrons. The highest BCUT2D eigenvalue weighted by Crippen LogP contribution is 2.09. The first kappa shape index (κ1) is 12.3. The van der Waals surface area contributed by atoms with Gasteiger partial charge in [-0.25, -0.2) is 4.79 Å². The topological polar surface area (TPSA) is 82.8 Å². The van der Waals surface area contributed by atoms with E-state index in [1.807, 2.05) is 0 Å². The number of nitrogens with one attached hydrogen (secondary N) is 1. The minimum atomic E-state index is -1.11. The highest BCUT2D eigenvalue weighted by Gasteiger charge is 2.17. The van der Waals surface area contributed by atoms with Gasteiger partial charge in [0, 0.05) is 26.2 Å². The summed E-state index contributed by atoms with van der Waals surface area (Å²) in [4.78, 5) is 23.7. The van der Waals surface area contributed by atoms with Gasteiger partial charge in [0.15, 0.2) is 5.76 Å². The molecule has 16 heavy (non-hydrogen) atoms. The Labute approximate surface area is 92.8 Å². The first-order chi connectivity index (χ1) is 7.56. The van der Waals surface area contributed by atoms with Gasteiger partial charge in [0.05, 0.1) is 5.56 Å². The van der Waals surface area contributed by atoms with E-state index in [4.69, 9.17) is 9.52 Å². The van der Waals surface area contributed by atoms with Crippen molar-refractivity contribution in [1.29, 1.82) is 0 Å². The molecular formula is C10H14N2O4. The van der Waals surface area contributed by atoms with Crippen molar-refractivity contribution in [2.45, 2.75) is 0 Å². The zero-order chi connectivity index (χ0) is 12.1. The lowest BCUT2D eigenvalue weighted by Gasteiger charge is -2.14. The van der Waals surface area contributed by atoms with Crippen LogP contribution in [0.5, 0.6) is 0 Å². The fourth-order valence-corrected chi connectivity index (χ4v) is 1.13. The minimum absolute atomic E-state index is 0.0228. The van der Waals surface area contributed by atoms with E-state index >= 15 is 0 Å². The number of likely N-dealkylation sites (N-methyl/N-ethyl adjacent to an activating group) is 2. The Morgan fingerprint density at radius 2 is 2.25 bits per heavy atom. The van der Waals surface area contributed by atoms with Crippen LogP contribution in [0.4, 0.5) is 0 Å². The van der Waals surface area contributed by atoms with E-state index in [2.05, 4.69) is 5.32 Å². The summed E-state index contributed by atoms with van der Waals surface area (Å²) in [5, 5.41) is 11.6. The number of carbonyl (C=O) groups excluding carboxylic acids is 1. The molecule has 1 aromatic heterocycles. The first-order valence-electron chi connectivity index (χ1n) is 4.78. The number of aromatic carboxylic acids is 1. The Morgan fingerprint density at radius 3 is 2.75 bits per heavy atom. The minimum Gasteiger partial charge on any atom is -0.478 e. The van der Waals surface area contributed by atoms with Crippen LogP contribution in [0.25, 0.3) is 0 Å². The van der Waals surface area contributed by atoms with Gasteiger partial charge in [-0.05, 0) is 7.05 Å². The molecule has 0 aliphatic rings. The quantitative estimate of drug-likeness (QED) is 0.753. The normalized spacial score (nSPS) is 10.1. The number of carboxylic acids is 1. The second kappa shape index (κ2) is 5.32. The summed E-state index contributed by atoms with van der Waals surface area (Å²) in [6.45, 7) is 1.19. The summed E-state index contributed by atoms with van der Waals surface area (Å²) in [7, 11) is 3.41. The SMILES string of the molecule is CNCCN(C)C(=O)c1cc(C(=O)O)co1. The molecule has 1 amide bonds. The highest BCUT2D eigenvalue weighted by molar-refractivity contribution is 5.95. The van der Waals surface area contributed by atoms with Gasteiger partial charge in [0.2, 0.25) is 0 Å². The van der Waals surface area contributed by atoms with Gasteiger partial charge in [-0.3, -0.25) is 4.79 Å². The molecule has 0 bridgehead atoms. The molecule has 6 nitrogen and oxygen atoms in total. The lowest BCUT2D eigenvalue weighted by Crippen LogP contribution is -2.32. The van der Waals surface area contributed by atoms with Gasteiger partial charge < -0.3 is 19.7 Å². The van der Waals surface area contributed by atoms with Crippen molar-refractivity contribution in [3.05, 3.63) is 23.7 Å². The molecule has 0 aliphatic heterocycles. The van der Waals surface area contributed by atoms with Crippen molar-refractivity contribution in [3.8, 4) is 0 Å². The number of hydrogen-bond donors (Lipinski definition) is 2. The average molecular weight is 226 g/mol. The van der Waals surface area contributed by atoms with Crippen molar-refractivity contribution in [2.24, 2.45) is 0 Å². The molecule has 0 atom stereocenters. The molecule has 0 fully saturated rings. The zero-order valence-electron chi connectivity index (χ0n) is 9.19. The fraction of sp³-hybridized carbons (Fsp3) is 0.400. The first-order valence-corrected chi connectivity index (χ1v) is 4.78. The molecule has 2 N–H and O–H groups in total. The van der Waals surface area contributed by atoms with Gasteiger partial charge in [0.25, 0.3) is 5.91 Å². The number of rotatable bonds is 5. The Balaban J connectivity index is 2.68. The molecule has 0 aliphatic carbocycles. The van der Waals surface area contributed by atoms with Crippen LogP contribution < -0.4 is 5.32 Å². The Kier molecular flexibility index (Phi) is 4.07. The molecule has 88 valence electrons. The van der Waals surface area contributed by atoms with Gasteiger partial charge in [-0.2, -0.15) is 0 Å². The average Bonchev–Trinajstić information content (AvgIpc) is 2.74. The largest absolute Gasteiger partial charge is 0.478 e. The van der Waals surface area contributed by atoms with Crippen LogP contribution in [0.3, 0.4) is 0 Å². The predicted molar refractivity (Wildman–Crippen MR) is 56.6 cm³/mol. The maximum Gasteiger partial charge on any atom is 0.338 e. The molecule has 0 saturated carbocycles. The molecule has 1 rings (SSSR count). The van der Waals surface area contributed by atoms with E-state index in [1.54, 1.807) is 14.1 Å². The summed E-state index contributed by atoms with van der Waals surface area (Å²) in [5.41, 5.74) is -0.0228. The maximum atomic E-state index is 11.7. The standard InChI is InChI=1S/C10H14N2O4/c1-11-3-4-12(2)9(13)8-5-7(6-16-8)10(14)15/h5-6,11H,3-4H2,1-2H3,(H,14,15). The fourth-order valence-electron chi connectivity index (χ4n) is 1.13. The Bertz CT molecular complexity index is 386. The molecule has 6 heteroatoms. The van der Waals surface area contributed by atoms with Crippen molar-refractivity contribution in [1.82, 2.24) is 10.2 Å². The van der Waals surface area contributed by atoms with E-state index in [-0.39, 0.29) is 17.2 Å². The van der Waals surface area contributed by atoms with Crippen LogP contribution in [-0.4, -0.2) is 49.1 Å². The third-order valence-corrected chi connectivity index (χ3v) is 2.10. The van der Waals surface area contributed by atoms with Crippen molar-refractivity contribution in [3.63, 3.8) is 0 Å². The van der Waals surface area contributed by atoms with Crippen molar-refractivity contribution >= 4 is 11.9 Å². The number of hydrogen-bond acceptors (Lipinski definition) is 4. The number of carbonyl (C=O) groups is 2. The van der Waals surface area contributed by atoms with Crippen LogP contribution >= 0.6 is 0 Å². The van der Waals surface area contributed by atoms with Gasteiger partial charge >= 0.3 is 5.97 Å². The lowest BCUT2D eigenvalue weighted by atomic mass is 10.3. The van der Waals surface area contributed by atoms with E-state index in [9.17, 15) is 9.59 Å². The van der Waals surface area contributed by atoms with Crippen molar-refractivity contribution < 1.29 is 19.1 Å². The molecule has 1 aromatic rings. The van der Waals surface area contributed by atoms with Gasteiger partial charge in [0.1, 0.15) is 6.26 Å². The Hall–Kier alpha value is -1.82. The summed E-state index contributed by atoms with van der Waals surface area (Å²) < 4.78 is 4.90. The number of nitrogens with zero attached hydrogens (tertiary/aromatic N) is 1. The van der Waals surface area contributed by atoms with Crippen molar-refractivity contribution in [2.75, 3.05) is 27.2 Å². The van der Waals surface area contributed by atoms with Gasteiger partial charge in [-0.1, -0.05) is 0 Å². The summed E-state index contributed by atoms with van der Waals surface area (Å²) >= 11 is 0.